The van der Waals surface area contributed by atoms with Gasteiger partial charge in [0.15, 0.2) is 5.78 Å². The number of rotatable bonds is 6. The third kappa shape index (κ3) is 6.66. The van der Waals surface area contributed by atoms with E-state index >= 15 is 0 Å². The average molecular weight is 425 g/mol. The fourth-order valence-electron chi connectivity index (χ4n) is 2.85. The van der Waals surface area contributed by atoms with Crippen LogP contribution in [0.15, 0.2) is 36.4 Å². The number of nitrogens with one attached hydrogen (secondary N) is 2. The zero-order valence-electron chi connectivity index (χ0n) is 20.0. The molecule has 2 rings (SSSR count). The Hall–Kier alpha value is -2.66. The molecule has 168 valence electrons. The Morgan fingerprint density at radius 2 is 1.48 bits per heavy atom. The summed E-state index contributed by atoms with van der Waals surface area (Å²) in [6.45, 7) is 15.4. The third-order valence-corrected chi connectivity index (χ3v) is 5.33. The smallest absolute Gasteiger partial charge is 0.229 e. The number of benzene rings is 2. The molecule has 1 unspecified atom stereocenters. The third-order valence-electron chi connectivity index (χ3n) is 5.33. The van der Waals surface area contributed by atoms with Crippen molar-refractivity contribution in [3.8, 4) is 0 Å². The standard InChI is InChI=1S/C26H36N2O3/c1-16-13-19(21(14-17(16)2)28-24(31)26(6,7)8)15-22(29)18-9-11-20(12-10-18)27-23(30)25(3,4)5/h9-14,23,27,30H,15H2,1-8H3,(H,28,31). The number of aryl methyl sites for hydroxylation is 2. The van der Waals surface area contributed by atoms with Gasteiger partial charge in [0, 0.05) is 34.2 Å². The van der Waals surface area contributed by atoms with Crippen molar-refractivity contribution in [1.29, 1.82) is 0 Å². The number of anilines is 2. The van der Waals surface area contributed by atoms with Crippen LogP contribution >= 0.6 is 0 Å². The van der Waals surface area contributed by atoms with Gasteiger partial charge < -0.3 is 15.7 Å². The Morgan fingerprint density at radius 3 is 2.00 bits per heavy atom. The van der Waals surface area contributed by atoms with E-state index in [1.165, 1.54) is 0 Å². The molecule has 0 saturated heterocycles. The number of ketones is 1. The summed E-state index contributed by atoms with van der Waals surface area (Å²) in [6.07, 6.45) is -0.503. The lowest BCUT2D eigenvalue weighted by Crippen LogP contribution is -2.33. The molecule has 31 heavy (non-hydrogen) atoms. The van der Waals surface area contributed by atoms with Gasteiger partial charge in [0.25, 0.3) is 0 Å². The molecule has 0 bridgehead atoms. The summed E-state index contributed by atoms with van der Waals surface area (Å²) >= 11 is 0. The number of hydrogen-bond acceptors (Lipinski definition) is 4. The van der Waals surface area contributed by atoms with Gasteiger partial charge in [-0.2, -0.15) is 0 Å². The van der Waals surface area contributed by atoms with E-state index in [0.717, 1.165) is 22.4 Å². The highest BCUT2D eigenvalue weighted by molar-refractivity contribution is 6.00. The Bertz CT molecular complexity index is 948. The molecule has 0 aromatic heterocycles. The molecule has 0 fully saturated rings. The van der Waals surface area contributed by atoms with Crippen molar-refractivity contribution in [3.05, 3.63) is 58.7 Å². The molecule has 1 amide bonds. The Morgan fingerprint density at radius 1 is 0.935 bits per heavy atom. The van der Waals surface area contributed by atoms with E-state index < -0.39 is 11.6 Å². The molecule has 0 heterocycles. The number of Topliss-reactive ketones (excluding diaryl/α,β-unsaturated/α-hetero) is 1. The number of aliphatic hydroxyl groups excluding tert-OH is 1. The molecule has 0 spiro atoms. The summed E-state index contributed by atoms with van der Waals surface area (Å²) in [7, 11) is 0. The van der Waals surface area contributed by atoms with Crippen LogP contribution in [-0.2, 0) is 11.2 Å². The van der Waals surface area contributed by atoms with E-state index in [-0.39, 0.29) is 23.5 Å². The summed E-state index contributed by atoms with van der Waals surface area (Å²) < 4.78 is 0. The van der Waals surface area contributed by atoms with Gasteiger partial charge in [-0.05, 0) is 60.9 Å². The molecule has 5 heteroatoms. The first-order valence-corrected chi connectivity index (χ1v) is 10.7. The van der Waals surface area contributed by atoms with Crippen molar-refractivity contribution < 1.29 is 14.7 Å². The number of hydrogen-bond donors (Lipinski definition) is 3. The summed E-state index contributed by atoms with van der Waals surface area (Å²) in [6, 6.07) is 11.0. The normalized spacial score (nSPS) is 12.9. The van der Waals surface area contributed by atoms with Crippen LogP contribution in [0, 0.1) is 24.7 Å². The van der Waals surface area contributed by atoms with Crippen LogP contribution in [-0.4, -0.2) is 23.0 Å². The number of carbonyl (C=O) groups excluding carboxylic acids is 2. The monoisotopic (exact) mass is 424 g/mol. The Balaban J connectivity index is 2.21. The first kappa shape index (κ1) is 24.6. The maximum atomic E-state index is 13.0. The second-order valence-corrected chi connectivity index (χ2v) is 10.4. The van der Waals surface area contributed by atoms with E-state index in [9.17, 15) is 14.7 Å². The van der Waals surface area contributed by atoms with Gasteiger partial charge in [-0.1, -0.05) is 47.6 Å². The van der Waals surface area contributed by atoms with Crippen LogP contribution in [0.1, 0.15) is 68.6 Å². The van der Waals surface area contributed by atoms with Gasteiger partial charge in [0.2, 0.25) is 5.91 Å². The summed E-state index contributed by atoms with van der Waals surface area (Å²) in [5, 5.41) is 16.3. The molecule has 5 nitrogen and oxygen atoms in total. The van der Waals surface area contributed by atoms with Crippen LogP contribution in [0.4, 0.5) is 11.4 Å². The lowest BCUT2D eigenvalue weighted by molar-refractivity contribution is -0.123. The second-order valence-electron chi connectivity index (χ2n) is 10.4. The van der Waals surface area contributed by atoms with E-state index in [2.05, 4.69) is 10.6 Å². The largest absolute Gasteiger partial charge is 0.373 e. The molecular weight excluding hydrogens is 388 g/mol. The molecule has 1 atom stereocenters. The minimum Gasteiger partial charge on any atom is -0.373 e. The van der Waals surface area contributed by atoms with Crippen molar-refractivity contribution in [3.63, 3.8) is 0 Å². The van der Waals surface area contributed by atoms with Gasteiger partial charge in [0.05, 0.1) is 0 Å². The highest BCUT2D eigenvalue weighted by atomic mass is 16.3. The van der Waals surface area contributed by atoms with E-state index in [0.29, 0.717) is 11.3 Å². The van der Waals surface area contributed by atoms with Gasteiger partial charge in [-0.15, -0.1) is 0 Å². The van der Waals surface area contributed by atoms with Gasteiger partial charge >= 0.3 is 0 Å². The number of amides is 1. The highest BCUT2D eigenvalue weighted by Crippen LogP contribution is 2.26. The molecule has 3 N–H and O–H groups in total. The van der Waals surface area contributed by atoms with Gasteiger partial charge in [-0.25, -0.2) is 0 Å². The Labute approximate surface area is 186 Å². The second kappa shape index (κ2) is 9.23. The average Bonchev–Trinajstić information content (AvgIpc) is 2.64. The molecule has 2 aromatic rings. The van der Waals surface area contributed by atoms with Crippen molar-refractivity contribution in [2.75, 3.05) is 10.6 Å². The minimum atomic E-state index is -0.696. The summed E-state index contributed by atoms with van der Waals surface area (Å²) in [4.78, 5) is 25.5. The number of aliphatic hydroxyl groups is 1. The topological polar surface area (TPSA) is 78.4 Å². The quantitative estimate of drug-likeness (QED) is 0.423. The molecule has 0 aliphatic rings. The zero-order chi connectivity index (χ0) is 23.6. The van der Waals surface area contributed by atoms with Crippen LogP contribution in [0.25, 0.3) is 0 Å². The Kier molecular flexibility index (Phi) is 7.32. The fourth-order valence-corrected chi connectivity index (χ4v) is 2.85. The zero-order valence-corrected chi connectivity index (χ0v) is 20.0. The van der Waals surface area contributed by atoms with Crippen LogP contribution in [0.2, 0.25) is 0 Å². The van der Waals surface area contributed by atoms with E-state index in [4.69, 9.17) is 0 Å². The molecule has 0 saturated carbocycles. The summed E-state index contributed by atoms with van der Waals surface area (Å²) in [5.41, 5.74) is 4.14. The minimum absolute atomic E-state index is 0.0302. The number of carbonyl (C=O) groups is 2. The van der Waals surface area contributed by atoms with Gasteiger partial charge in [0.1, 0.15) is 6.23 Å². The van der Waals surface area contributed by atoms with E-state index in [1.807, 2.05) is 67.5 Å². The van der Waals surface area contributed by atoms with Crippen LogP contribution in [0.3, 0.4) is 0 Å². The van der Waals surface area contributed by atoms with Crippen molar-refractivity contribution >= 4 is 23.1 Å². The highest BCUT2D eigenvalue weighted by Gasteiger charge is 2.23. The first-order chi connectivity index (χ1) is 14.2. The lowest BCUT2D eigenvalue weighted by atomic mass is 9.93. The van der Waals surface area contributed by atoms with Crippen LogP contribution < -0.4 is 10.6 Å². The molecule has 0 aliphatic carbocycles. The molecule has 2 aromatic carbocycles. The maximum absolute atomic E-state index is 13.0. The maximum Gasteiger partial charge on any atom is 0.229 e. The van der Waals surface area contributed by atoms with Crippen molar-refractivity contribution in [1.82, 2.24) is 0 Å². The van der Waals surface area contributed by atoms with Gasteiger partial charge in [-0.3, -0.25) is 9.59 Å². The molecule has 0 radical (unpaired) electrons. The molecular formula is C26H36N2O3. The van der Waals surface area contributed by atoms with Crippen LogP contribution in [0.5, 0.6) is 0 Å². The molecule has 0 aliphatic heterocycles. The SMILES string of the molecule is Cc1cc(CC(=O)c2ccc(NC(O)C(C)(C)C)cc2)c(NC(=O)C(C)(C)C)cc1C. The van der Waals surface area contributed by atoms with Crippen molar-refractivity contribution in [2.24, 2.45) is 10.8 Å². The van der Waals surface area contributed by atoms with Crippen molar-refractivity contribution in [2.45, 2.75) is 68.0 Å². The summed E-state index contributed by atoms with van der Waals surface area (Å²) in [5.74, 6) is -0.116. The predicted molar refractivity (Wildman–Crippen MR) is 128 cm³/mol. The van der Waals surface area contributed by atoms with E-state index in [1.54, 1.807) is 24.3 Å². The fraction of sp³-hybridized carbons (Fsp3) is 0.462. The lowest BCUT2D eigenvalue weighted by Gasteiger charge is -2.27. The predicted octanol–water partition coefficient (Wildman–Crippen LogP) is 5.49. The first-order valence-electron chi connectivity index (χ1n) is 10.7.